The Hall–Kier alpha value is -0.890. The van der Waals surface area contributed by atoms with Crippen LogP contribution in [0, 0.1) is 0 Å². The van der Waals surface area contributed by atoms with E-state index in [1.54, 1.807) is 0 Å². The summed E-state index contributed by atoms with van der Waals surface area (Å²) >= 11 is 0. The minimum atomic E-state index is -0.678. The van der Waals surface area contributed by atoms with E-state index in [1.165, 1.54) is 64.2 Å². The van der Waals surface area contributed by atoms with Crippen molar-refractivity contribution in [3.05, 3.63) is 0 Å². The average molecular weight is 483 g/mol. The second kappa shape index (κ2) is 29.1. The summed E-state index contributed by atoms with van der Waals surface area (Å²) in [7, 11) is 0. The van der Waals surface area contributed by atoms with Crippen molar-refractivity contribution in [3.63, 3.8) is 0 Å². The third kappa shape index (κ3) is 31.1. The average Bonchev–Trinajstić information content (AvgIpc) is 2.80. The summed E-state index contributed by atoms with van der Waals surface area (Å²) in [6.45, 7) is 4.56. The fourth-order valence-electron chi connectivity index (χ4n) is 3.40. The van der Waals surface area contributed by atoms with Crippen molar-refractivity contribution in [2.45, 2.75) is 103 Å². The lowest BCUT2D eigenvalue weighted by atomic mass is 10.1. The zero-order valence-corrected chi connectivity index (χ0v) is 20.1. The minimum absolute atomic E-state index is 0.314. The zero-order valence-electron chi connectivity index (χ0n) is 20.1. The first-order valence-corrected chi connectivity index (χ1v) is 12.5. The third-order valence-corrected chi connectivity index (χ3v) is 5.22. The summed E-state index contributed by atoms with van der Waals surface area (Å²) in [4.78, 5) is 15.1. The molecular weight excluding hydrogens is 436 g/mol. The van der Waals surface area contributed by atoms with Gasteiger partial charge in [0.15, 0.2) is 0 Å². The van der Waals surface area contributed by atoms with Gasteiger partial charge in [0, 0.05) is 19.5 Å². The largest absolute Gasteiger partial charge is 0.481 e. The predicted molar refractivity (Wildman–Crippen MR) is 121 cm³/mol. The molecule has 0 aromatic rings. The number of nitrogens with one attached hydrogen (secondary N) is 2. The molecule has 0 aromatic heterocycles. The van der Waals surface area contributed by atoms with E-state index in [0.29, 0.717) is 13.0 Å². The molecule has 0 bridgehead atoms. The van der Waals surface area contributed by atoms with E-state index in [1.807, 2.05) is 0 Å². The van der Waals surface area contributed by atoms with Gasteiger partial charge in [-0.15, -0.1) is 0 Å². The van der Waals surface area contributed by atoms with Crippen molar-refractivity contribution < 1.29 is 45.2 Å². The Morgan fingerprint density at radius 1 is 0.545 bits per heavy atom. The van der Waals surface area contributed by atoms with Crippen LogP contribution in [-0.2, 0) is 34.9 Å². The van der Waals surface area contributed by atoms with Gasteiger partial charge in [-0.2, -0.15) is 0 Å². The van der Waals surface area contributed by atoms with Crippen LogP contribution in [0.3, 0.4) is 0 Å². The van der Waals surface area contributed by atoms with E-state index in [2.05, 4.69) is 40.7 Å². The molecule has 0 aliphatic carbocycles. The number of unbranched alkanes of at least 4 members (excludes halogenated alkanes) is 13. The van der Waals surface area contributed by atoms with Crippen LogP contribution in [0.5, 0.6) is 0 Å². The number of hydrogen-bond acceptors (Lipinski definition) is 10. The third-order valence-electron chi connectivity index (χ3n) is 5.22. The normalized spacial score (nSPS) is 11.3. The van der Waals surface area contributed by atoms with Gasteiger partial charge in [-0.25, -0.2) is 10.1 Å². The summed E-state index contributed by atoms with van der Waals surface area (Å²) in [5.74, 6) is -0.678. The molecule has 0 aliphatic heterocycles. The Bertz CT molecular complexity index is 393. The van der Waals surface area contributed by atoms with Crippen LogP contribution >= 0.6 is 0 Å². The van der Waals surface area contributed by atoms with E-state index in [9.17, 15) is 4.79 Å². The molecule has 11 heteroatoms. The van der Waals surface area contributed by atoms with Crippen LogP contribution in [0.2, 0.25) is 0 Å². The second-order valence-electron chi connectivity index (χ2n) is 8.12. The van der Waals surface area contributed by atoms with E-state index in [4.69, 9.17) is 10.4 Å². The molecule has 0 aliphatic rings. The van der Waals surface area contributed by atoms with Crippen molar-refractivity contribution in [3.8, 4) is 0 Å². The van der Waals surface area contributed by atoms with Crippen LogP contribution in [0.15, 0.2) is 0 Å². The Kier molecular flexibility index (Phi) is 28.4. The molecule has 0 aromatic carbocycles. The summed E-state index contributed by atoms with van der Waals surface area (Å²) in [5.41, 5.74) is 0. The smallest absolute Gasteiger partial charge is 0.303 e. The number of hydrogen-bond donors (Lipinski definition) is 4. The molecule has 0 heterocycles. The maximum Gasteiger partial charge on any atom is 0.303 e. The first kappa shape index (κ1) is 32.1. The molecule has 0 saturated heterocycles. The van der Waals surface area contributed by atoms with Gasteiger partial charge in [-0.05, 0) is 64.0 Å². The van der Waals surface area contributed by atoms with Gasteiger partial charge >= 0.3 is 5.97 Å². The van der Waals surface area contributed by atoms with Gasteiger partial charge in [0.2, 0.25) is 0 Å². The Morgan fingerprint density at radius 3 is 1.52 bits per heavy atom. The lowest BCUT2D eigenvalue weighted by Gasteiger charge is -2.07. The van der Waals surface area contributed by atoms with Crippen LogP contribution < -0.4 is 10.6 Å². The van der Waals surface area contributed by atoms with Gasteiger partial charge < -0.3 is 15.7 Å². The maximum absolute atomic E-state index is 10.4. The number of rotatable bonds is 29. The SMILES string of the molecule is O=C(O)CCCCCCCCCCCNCCNCCCCCCCCOOOOOOO. The highest BCUT2D eigenvalue weighted by Gasteiger charge is 1.97. The number of aliphatic carboxylic acids is 1. The molecule has 11 nitrogen and oxygen atoms in total. The second-order valence-corrected chi connectivity index (χ2v) is 8.12. The summed E-state index contributed by atoms with van der Waals surface area (Å²) in [5, 5.41) is 41.6. The molecule has 0 amide bonds. The van der Waals surface area contributed by atoms with Crippen molar-refractivity contribution in [2.75, 3.05) is 32.8 Å². The zero-order chi connectivity index (χ0) is 24.1. The van der Waals surface area contributed by atoms with Crippen LogP contribution in [0.25, 0.3) is 0 Å². The van der Waals surface area contributed by atoms with Crippen molar-refractivity contribution in [2.24, 2.45) is 0 Å². The van der Waals surface area contributed by atoms with E-state index >= 15 is 0 Å². The fourth-order valence-corrected chi connectivity index (χ4v) is 3.40. The van der Waals surface area contributed by atoms with Gasteiger partial charge in [0.25, 0.3) is 0 Å². The first-order valence-electron chi connectivity index (χ1n) is 12.5. The lowest BCUT2D eigenvalue weighted by Crippen LogP contribution is -2.28. The standard InChI is InChI=1S/C22H46N2O9/c25-22(26)16-12-8-4-2-1-3-5-9-13-17-23-19-20-24-18-14-10-6-7-11-15-21-28-30-32-33-31-29-27/h23-24,27H,1-21H2,(H,25,26). The summed E-state index contributed by atoms with van der Waals surface area (Å²) in [6.07, 6.45) is 17.6. The lowest BCUT2D eigenvalue weighted by molar-refractivity contribution is -0.787. The summed E-state index contributed by atoms with van der Waals surface area (Å²) < 4.78 is 0. The number of carboxylic acids is 1. The Labute approximate surface area is 198 Å². The molecule has 0 rings (SSSR count). The molecule has 198 valence electrons. The van der Waals surface area contributed by atoms with Crippen LogP contribution in [-0.4, -0.2) is 49.1 Å². The Morgan fingerprint density at radius 2 is 1.00 bits per heavy atom. The molecule has 0 fully saturated rings. The highest BCUT2D eigenvalue weighted by molar-refractivity contribution is 5.66. The fraction of sp³-hybridized carbons (Fsp3) is 0.955. The molecule has 4 N–H and O–H groups in total. The van der Waals surface area contributed by atoms with E-state index in [0.717, 1.165) is 58.3 Å². The van der Waals surface area contributed by atoms with Crippen molar-refractivity contribution in [1.82, 2.24) is 10.6 Å². The Balaban J connectivity index is 3.01. The van der Waals surface area contributed by atoms with Gasteiger partial charge in [-0.1, -0.05) is 70.6 Å². The maximum atomic E-state index is 10.4. The molecule has 0 unspecified atom stereocenters. The van der Waals surface area contributed by atoms with E-state index in [-0.39, 0.29) is 0 Å². The molecule has 33 heavy (non-hydrogen) atoms. The minimum Gasteiger partial charge on any atom is -0.481 e. The highest BCUT2D eigenvalue weighted by Crippen LogP contribution is 2.10. The van der Waals surface area contributed by atoms with Crippen LogP contribution in [0.1, 0.15) is 103 Å². The quantitative estimate of drug-likeness (QED) is 0.0674. The number of carboxylic acid groups (broad SMARTS) is 1. The molecular formula is C22H46N2O9. The molecule has 0 radical (unpaired) electrons. The number of carbonyl (C=O) groups is 1. The molecule has 0 spiro atoms. The topological polar surface area (TPSA) is 137 Å². The monoisotopic (exact) mass is 482 g/mol. The molecule has 0 atom stereocenters. The van der Waals surface area contributed by atoms with Gasteiger partial charge in [0.05, 0.1) is 6.61 Å². The van der Waals surface area contributed by atoms with E-state index < -0.39 is 5.97 Å². The molecule has 0 saturated carbocycles. The predicted octanol–water partition coefficient (Wildman–Crippen LogP) is 4.64. The summed E-state index contributed by atoms with van der Waals surface area (Å²) in [6, 6.07) is 0. The van der Waals surface area contributed by atoms with Gasteiger partial charge in [0.1, 0.15) is 0 Å². The van der Waals surface area contributed by atoms with Gasteiger partial charge in [-0.3, -0.25) is 4.79 Å². The highest BCUT2D eigenvalue weighted by atomic mass is 17.9. The van der Waals surface area contributed by atoms with Crippen molar-refractivity contribution >= 4 is 5.97 Å². The van der Waals surface area contributed by atoms with Crippen molar-refractivity contribution in [1.29, 1.82) is 0 Å². The van der Waals surface area contributed by atoms with Crippen LogP contribution in [0.4, 0.5) is 0 Å². The first-order chi connectivity index (χ1) is 16.3.